The number of aliphatic carboxylic acids is 1. The Bertz CT molecular complexity index is 418. The van der Waals surface area contributed by atoms with Gasteiger partial charge in [0.15, 0.2) is 0 Å². The van der Waals surface area contributed by atoms with Crippen molar-refractivity contribution in [2.24, 2.45) is 5.41 Å². The highest BCUT2D eigenvalue weighted by Gasteiger charge is 2.38. The van der Waals surface area contributed by atoms with Gasteiger partial charge in [0.2, 0.25) is 0 Å². The lowest BCUT2D eigenvalue weighted by atomic mass is 9.77. The summed E-state index contributed by atoms with van der Waals surface area (Å²) in [6, 6.07) is 7.93. The standard InChI is InChI=1S/C15H20O3/c1-3-11-4-6-12(7-5-11)13(14(16)17)8-15(2)9-18-10-15/h4-7,13H,3,8-10H2,1-2H3,(H,16,17). The molecule has 0 radical (unpaired) electrons. The van der Waals surface area contributed by atoms with E-state index in [9.17, 15) is 9.90 Å². The summed E-state index contributed by atoms with van der Waals surface area (Å²) < 4.78 is 5.20. The number of rotatable bonds is 5. The second-order valence-corrected chi connectivity index (χ2v) is 5.49. The van der Waals surface area contributed by atoms with Crippen LogP contribution in [0.25, 0.3) is 0 Å². The summed E-state index contributed by atoms with van der Waals surface area (Å²) in [6.45, 7) is 5.52. The predicted molar refractivity (Wildman–Crippen MR) is 69.7 cm³/mol. The lowest BCUT2D eigenvalue weighted by Crippen LogP contribution is -2.41. The molecule has 0 saturated carbocycles. The predicted octanol–water partition coefficient (Wildman–Crippen LogP) is 2.84. The summed E-state index contributed by atoms with van der Waals surface area (Å²) in [5.41, 5.74) is 2.15. The van der Waals surface area contributed by atoms with Crippen LogP contribution in [0.2, 0.25) is 0 Å². The first kappa shape index (κ1) is 13.1. The van der Waals surface area contributed by atoms with Crippen molar-refractivity contribution in [3.05, 3.63) is 35.4 Å². The van der Waals surface area contributed by atoms with Crippen molar-refractivity contribution >= 4 is 5.97 Å². The molecule has 1 unspecified atom stereocenters. The Morgan fingerprint density at radius 2 is 2.00 bits per heavy atom. The van der Waals surface area contributed by atoms with E-state index in [0.29, 0.717) is 19.6 Å². The maximum absolute atomic E-state index is 11.4. The van der Waals surface area contributed by atoms with Crippen LogP contribution in [0.1, 0.15) is 37.3 Å². The zero-order chi connectivity index (χ0) is 13.2. The summed E-state index contributed by atoms with van der Waals surface area (Å²) in [7, 11) is 0. The topological polar surface area (TPSA) is 46.5 Å². The van der Waals surface area contributed by atoms with E-state index in [2.05, 4.69) is 13.8 Å². The second kappa shape index (κ2) is 5.11. The van der Waals surface area contributed by atoms with E-state index in [1.807, 2.05) is 24.3 Å². The third-order valence-electron chi connectivity index (χ3n) is 3.69. The molecule has 0 aromatic heterocycles. The summed E-state index contributed by atoms with van der Waals surface area (Å²) in [5, 5.41) is 9.40. The number of carboxylic acid groups (broad SMARTS) is 1. The van der Waals surface area contributed by atoms with Crippen molar-refractivity contribution in [2.75, 3.05) is 13.2 Å². The van der Waals surface area contributed by atoms with Crippen molar-refractivity contribution in [1.29, 1.82) is 0 Å². The van der Waals surface area contributed by atoms with E-state index >= 15 is 0 Å². The van der Waals surface area contributed by atoms with Crippen LogP contribution >= 0.6 is 0 Å². The van der Waals surface area contributed by atoms with E-state index < -0.39 is 11.9 Å². The Kier molecular flexibility index (Phi) is 3.71. The van der Waals surface area contributed by atoms with Crippen LogP contribution in [0.15, 0.2) is 24.3 Å². The Morgan fingerprint density at radius 1 is 1.39 bits per heavy atom. The van der Waals surface area contributed by atoms with Gasteiger partial charge in [-0.15, -0.1) is 0 Å². The lowest BCUT2D eigenvalue weighted by molar-refractivity contribution is -0.145. The fourth-order valence-corrected chi connectivity index (χ4v) is 2.39. The van der Waals surface area contributed by atoms with Gasteiger partial charge in [-0.1, -0.05) is 38.1 Å². The molecular weight excluding hydrogens is 228 g/mol. The van der Waals surface area contributed by atoms with Gasteiger partial charge in [-0.3, -0.25) is 4.79 Å². The SMILES string of the molecule is CCc1ccc(C(CC2(C)COC2)C(=O)O)cc1. The van der Waals surface area contributed by atoms with Gasteiger partial charge in [0.1, 0.15) is 0 Å². The normalized spacial score (nSPS) is 19.0. The van der Waals surface area contributed by atoms with Gasteiger partial charge >= 0.3 is 5.97 Å². The summed E-state index contributed by atoms with van der Waals surface area (Å²) in [6.07, 6.45) is 1.62. The van der Waals surface area contributed by atoms with Crippen molar-refractivity contribution in [3.8, 4) is 0 Å². The molecule has 0 aliphatic carbocycles. The number of hydrogen-bond donors (Lipinski definition) is 1. The highest BCUT2D eigenvalue weighted by molar-refractivity contribution is 5.76. The van der Waals surface area contributed by atoms with E-state index in [0.717, 1.165) is 12.0 Å². The number of hydrogen-bond acceptors (Lipinski definition) is 2. The number of carboxylic acids is 1. The Balaban J connectivity index is 2.15. The minimum atomic E-state index is -0.743. The van der Waals surface area contributed by atoms with Crippen molar-refractivity contribution in [3.63, 3.8) is 0 Å². The second-order valence-electron chi connectivity index (χ2n) is 5.49. The molecule has 1 aromatic carbocycles. The molecule has 1 aliphatic rings. The van der Waals surface area contributed by atoms with Crippen molar-refractivity contribution < 1.29 is 14.6 Å². The van der Waals surface area contributed by atoms with Gasteiger partial charge in [0.05, 0.1) is 19.1 Å². The first-order chi connectivity index (χ1) is 8.54. The molecule has 1 saturated heterocycles. The van der Waals surface area contributed by atoms with Crippen molar-refractivity contribution in [1.82, 2.24) is 0 Å². The fraction of sp³-hybridized carbons (Fsp3) is 0.533. The van der Waals surface area contributed by atoms with Gasteiger partial charge in [-0.2, -0.15) is 0 Å². The molecule has 1 fully saturated rings. The van der Waals surface area contributed by atoms with Gasteiger partial charge in [0.25, 0.3) is 0 Å². The van der Waals surface area contributed by atoms with Crippen LogP contribution in [-0.4, -0.2) is 24.3 Å². The maximum Gasteiger partial charge on any atom is 0.310 e. The van der Waals surface area contributed by atoms with Gasteiger partial charge in [-0.25, -0.2) is 0 Å². The van der Waals surface area contributed by atoms with Gasteiger partial charge in [0, 0.05) is 5.41 Å². The highest BCUT2D eigenvalue weighted by atomic mass is 16.5. The summed E-state index contributed by atoms with van der Waals surface area (Å²) >= 11 is 0. The van der Waals surface area contributed by atoms with Crippen LogP contribution in [0.4, 0.5) is 0 Å². The average Bonchev–Trinajstić information content (AvgIpc) is 2.33. The minimum absolute atomic E-state index is 0.0203. The molecule has 0 amide bonds. The van der Waals surface area contributed by atoms with Crippen LogP contribution in [0.3, 0.4) is 0 Å². The molecule has 3 heteroatoms. The van der Waals surface area contributed by atoms with Crippen molar-refractivity contribution in [2.45, 2.75) is 32.6 Å². The largest absolute Gasteiger partial charge is 0.481 e. The van der Waals surface area contributed by atoms with Crippen LogP contribution in [0, 0.1) is 5.41 Å². The number of benzene rings is 1. The molecule has 3 nitrogen and oxygen atoms in total. The fourth-order valence-electron chi connectivity index (χ4n) is 2.39. The van der Waals surface area contributed by atoms with E-state index in [4.69, 9.17) is 4.74 Å². The van der Waals surface area contributed by atoms with E-state index in [-0.39, 0.29) is 5.41 Å². The Hall–Kier alpha value is -1.35. The van der Waals surface area contributed by atoms with Crippen LogP contribution in [0.5, 0.6) is 0 Å². The molecule has 18 heavy (non-hydrogen) atoms. The third kappa shape index (κ3) is 2.72. The Morgan fingerprint density at radius 3 is 2.39 bits per heavy atom. The minimum Gasteiger partial charge on any atom is -0.481 e. The van der Waals surface area contributed by atoms with Crippen LogP contribution in [-0.2, 0) is 16.0 Å². The molecule has 1 atom stereocenters. The highest BCUT2D eigenvalue weighted by Crippen LogP contribution is 2.37. The molecule has 1 N–H and O–H groups in total. The summed E-state index contributed by atoms with van der Waals surface area (Å²) in [4.78, 5) is 11.4. The first-order valence-electron chi connectivity index (χ1n) is 6.43. The van der Waals surface area contributed by atoms with Crippen LogP contribution < -0.4 is 0 Å². The quantitative estimate of drug-likeness (QED) is 0.871. The molecule has 1 heterocycles. The third-order valence-corrected chi connectivity index (χ3v) is 3.69. The first-order valence-corrected chi connectivity index (χ1v) is 6.43. The average molecular weight is 248 g/mol. The van der Waals surface area contributed by atoms with E-state index in [1.54, 1.807) is 0 Å². The monoisotopic (exact) mass is 248 g/mol. The van der Waals surface area contributed by atoms with Gasteiger partial charge < -0.3 is 9.84 Å². The zero-order valence-corrected chi connectivity index (χ0v) is 11.0. The number of ether oxygens (including phenoxy) is 1. The molecule has 2 rings (SSSR count). The smallest absolute Gasteiger partial charge is 0.310 e. The maximum atomic E-state index is 11.4. The number of carbonyl (C=O) groups is 1. The Labute approximate surface area is 108 Å². The molecule has 1 aliphatic heterocycles. The number of aryl methyl sites for hydroxylation is 1. The molecule has 0 spiro atoms. The molecule has 0 bridgehead atoms. The molecular formula is C15H20O3. The zero-order valence-electron chi connectivity index (χ0n) is 11.0. The van der Waals surface area contributed by atoms with Gasteiger partial charge in [-0.05, 0) is 24.0 Å². The lowest BCUT2D eigenvalue weighted by Gasteiger charge is -2.39. The summed E-state index contributed by atoms with van der Waals surface area (Å²) in [5.74, 6) is -1.17. The molecule has 98 valence electrons. The van der Waals surface area contributed by atoms with E-state index in [1.165, 1.54) is 5.56 Å². The molecule has 1 aromatic rings.